The monoisotopic (exact) mass is 327 g/mol. The van der Waals surface area contributed by atoms with Crippen LogP contribution in [0.2, 0.25) is 0 Å². The van der Waals surface area contributed by atoms with E-state index in [9.17, 15) is 4.79 Å². The highest BCUT2D eigenvalue weighted by molar-refractivity contribution is 7.10. The summed E-state index contributed by atoms with van der Waals surface area (Å²) in [5.41, 5.74) is 2.45. The molecule has 0 saturated carbocycles. The maximum Gasteiger partial charge on any atom is 0.364 e. The average molecular weight is 327 g/mol. The van der Waals surface area contributed by atoms with Gasteiger partial charge in [0.1, 0.15) is 0 Å². The summed E-state index contributed by atoms with van der Waals surface area (Å²) in [7, 11) is 0. The number of rotatable bonds is 5. The van der Waals surface area contributed by atoms with E-state index in [1.54, 1.807) is 11.3 Å². The third-order valence-electron chi connectivity index (χ3n) is 4.52. The van der Waals surface area contributed by atoms with Crippen LogP contribution < -0.4 is 5.32 Å². The first-order valence-corrected chi connectivity index (χ1v) is 8.80. The Morgan fingerprint density at radius 2 is 2.22 bits per heavy atom. The number of hydrogen-bond donors (Lipinski definition) is 2. The van der Waals surface area contributed by atoms with Crippen LogP contribution in [0.5, 0.6) is 0 Å². The summed E-state index contributed by atoms with van der Waals surface area (Å²) in [6.07, 6.45) is 2.92. The first kappa shape index (κ1) is 14.5. The van der Waals surface area contributed by atoms with Crippen LogP contribution in [0.1, 0.15) is 22.8 Å². The number of H-pyrrole nitrogens is 1. The van der Waals surface area contributed by atoms with Gasteiger partial charge in [-0.25, -0.2) is 4.79 Å². The van der Waals surface area contributed by atoms with E-state index in [1.165, 1.54) is 15.8 Å². The predicted octanol–water partition coefficient (Wildman–Crippen LogP) is 2.24. The molecule has 4 rings (SSSR count). The quantitative estimate of drug-likeness (QED) is 0.706. The third kappa shape index (κ3) is 2.78. The van der Waals surface area contributed by atoms with E-state index in [2.05, 4.69) is 52.2 Å². The predicted molar refractivity (Wildman–Crippen MR) is 90.6 cm³/mol. The fourth-order valence-electron chi connectivity index (χ4n) is 3.29. The number of carbonyl (C=O) groups excluding carboxylic acids is 1. The minimum absolute atomic E-state index is 0.0531. The number of cyclic esters (lactones) is 1. The largest absolute Gasteiger partial charge is 0.461 e. The van der Waals surface area contributed by atoms with Gasteiger partial charge in [0.05, 0.1) is 19.1 Å². The second-order valence-electron chi connectivity index (χ2n) is 5.89. The van der Waals surface area contributed by atoms with Crippen molar-refractivity contribution in [2.45, 2.75) is 18.4 Å². The molecule has 0 spiro atoms. The van der Waals surface area contributed by atoms with Gasteiger partial charge in [-0.2, -0.15) is 0 Å². The van der Waals surface area contributed by atoms with E-state index in [0.717, 1.165) is 18.5 Å². The second kappa shape index (κ2) is 6.18. The Hall–Kier alpha value is -2.11. The number of quaternary nitrogens is 1. The van der Waals surface area contributed by atoms with Gasteiger partial charge in [-0.1, -0.05) is 24.3 Å². The number of benzene rings is 1. The van der Waals surface area contributed by atoms with Gasteiger partial charge in [-0.3, -0.25) is 0 Å². The van der Waals surface area contributed by atoms with Crippen LogP contribution in [-0.4, -0.2) is 30.1 Å². The molecule has 2 aromatic heterocycles. The van der Waals surface area contributed by atoms with Crippen molar-refractivity contribution >= 4 is 28.2 Å². The first-order valence-electron chi connectivity index (χ1n) is 7.92. The number of ether oxygens (including phenoxy) is 1. The van der Waals surface area contributed by atoms with Crippen molar-refractivity contribution in [2.75, 3.05) is 13.2 Å². The van der Waals surface area contributed by atoms with E-state index < -0.39 is 0 Å². The summed E-state index contributed by atoms with van der Waals surface area (Å²) < 4.78 is 5.08. The van der Waals surface area contributed by atoms with Gasteiger partial charge in [0.15, 0.2) is 6.04 Å². The standard InChI is InChI=1S/C18H18N2O2S/c21-18-16(7-8-22-18)20-11-14(17-6-3-9-23-17)13-10-19-15-5-2-1-4-12(13)15/h1-6,9-10,14,16,19-20H,7-8,11H2/p+1/t14-,16-/m1/s1. The smallest absolute Gasteiger partial charge is 0.364 e. The van der Waals surface area contributed by atoms with E-state index in [4.69, 9.17) is 4.74 Å². The zero-order chi connectivity index (χ0) is 15.6. The number of nitrogens with one attached hydrogen (secondary N) is 1. The van der Waals surface area contributed by atoms with Gasteiger partial charge in [0, 0.05) is 28.4 Å². The lowest BCUT2D eigenvalue weighted by Crippen LogP contribution is -2.92. The molecule has 0 unspecified atom stereocenters. The SMILES string of the molecule is O=C1OCC[C@H]1[NH2+]C[C@@H](c1cccs1)c1c[nH]c2ccccc12. The lowest BCUT2D eigenvalue weighted by molar-refractivity contribution is -0.676. The van der Waals surface area contributed by atoms with Crippen molar-refractivity contribution in [3.8, 4) is 0 Å². The molecular weight excluding hydrogens is 308 g/mol. The number of aromatic nitrogens is 1. The molecule has 118 valence electrons. The first-order chi connectivity index (χ1) is 11.3. The average Bonchev–Trinajstić information content (AvgIpc) is 3.30. The Balaban J connectivity index is 1.64. The number of hydrogen-bond acceptors (Lipinski definition) is 3. The van der Waals surface area contributed by atoms with Gasteiger partial charge in [-0.15, -0.1) is 11.3 Å². The second-order valence-corrected chi connectivity index (χ2v) is 6.87. The van der Waals surface area contributed by atoms with Crippen molar-refractivity contribution in [3.63, 3.8) is 0 Å². The lowest BCUT2D eigenvalue weighted by Gasteiger charge is -2.15. The zero-order valence-corrected chi connectivity index (χ0v) is 13.5. The van der Waals surface area contributed by atoms with Crippen molar-refractivity contribution in [2.24, 2.45) is 0 Å². The number of carbonyl (C=O) groups is 1. The molecule has 1 fully saturated rings. The molecule has 23 heavy (non-hydrogen) atoms. The van der Waals surface area contributed by atoms with Crippen LogP contribution >= 0.6 is 11.3 Å². The highest BCUT2D eigenvalue weighted by atomic mass is 32.1. The number of para-hydroxylation sites is 1. The minimum Gasteiger partial charge on any atom is -0.461 e. The van der Waals surface area contributed by atoms with Crippen molar-refractivity contribution in [3.05, 3.63) is 58.4 Å². The van der Waals surface area contributed by atoms with Gasteiger partial charge < -0.3 is 15.0 Å². The van der Waals surface area contributed by atoms with Crippen LogP contribution in [0.15, 0.2) is 48.0 Å². The molecule has 0 amide bonds. The van der Waals surface area contributed by atoms with E-state index >= 15 is 0 Å². The van der Waals surface area contributed by atoms with E-state index in [0.29, 0.717) is 6.61 Å². The van der Waals surface area contributed by atoms with E-state index in [-0.39, 0.29) is 17.9 Å². The minimum atomic E-state index is -0.0751. The molecule has 0 radical (unpaired) electrons. The van der Waals surface area contributed by atoms with Crippen molar-refractivity contribution in [1.29, 1.82) is 0 Å². The fourth-order valence-corrected chi connectivity index (χ4v) is 4.15. The number of esters is 1. The molecule has 3 aromatic rings. The molecule has 2 atom stereocenters. The van der Waals surface area contributed by atoms with Crippen LogP contribution in [0.25, 0.3) is 10.9 Å². The molecule has 3 heterocycles. The maximum atomic E-state index is 11.7. The molecular formula is C18H19N2O2S+. The summed E-state index contributed by atoms with van der Waals surface area (Å²) in [5, 5.41) is 5.51. The van der Waals surface area contributed by atoms with Crippen LogP contribution in [0.3, 0.4) is 0 Å². The third-order valence-corrected chi connectivity index (χ3v) is 5.50. The summed E-state index contributed by atoms with van der Waals surface area (Å²) >= 11 is 1.77. The topological polar surface area (TPSA) is 58.7 Å². The molecule has 1 aliphatic rings. The van der Waals surface area contributed by atoms with E-state index in [1.807, 2.05) is 6.07 Å². The lowest BCUT2D eigenvalue weighted by atomic mass is 9.96. The Labute approximate surface area is 138 Å². The van der Waals surface area contributed by atoms with Crippen LogP contribution in [-0.2, 0) is 9.53 Å². The normalized spacial score (nSPS) is 19.1. The highest BCUT2D eigenvalue weighted by Crippen LogP contribution is 2.32. The van der Waals surface area contributed by atoms with Crippen LogP contribution in [0, 0.1) is 0 Å². The van der Waals surface area contributed by atoms with Crippen LogP contribution in [0.4, 0.5) is 0 Å². The fraction of sp³-hybridized carbons (Fsp3) is 0.278. The molecule has 1 saturated heterocycles. The van der Waals surface area contributed by atoms with Crippen molar-refractivity contribution < 1.29 is 14.8 Å². The number of nitrogens with two attached hydrogens (primary N) is 1. The Bertz CT molecular complexity index is 809. The number of thiophene rings is 1. The summed E-state index contributed by atoms with van der Waals surface area (Å²) in [5.74, 6) is 0.202. The van der Waals surface area contributed by atoms with Gasteiger partial charge in [0.2, 0.25) is 0 Å². The Morgan fingerprint density at radius 1 is 1.30 bits per heavy atom. The zero-order valence-electron chi connectivity index (χ0n) is 12.7. The summed E-state index contributed by atoms with van der Waals surface area (Å²) in [6.45, 7) is 1.40. The molecule has 5 heteroatoms. The highest BCUT2D eigenvalue weighted by Gasteiger charge is 2.31. The molecule has 1 aliphatic heterocycles. The Morgan fingerprint density at radius 3 is 3.00 bits per heavy atom. The molecule has 3 N–H and O–H groups in total. The van der Waals surface area contributed by atoms with Gasteiger partial charge >= 0.3 is 5.97 Å². The maximum absolute atomic E-state index is 11.7. The molecule has 0 aliphatic carbocycles. The number of aromatic amines is 1. The van der Waals surface area contributed by atoms with Crippen molar-refractivity contribution in [1.82, 2.24) is 4.98 Å². The summed E-state index contributed by atoms with van der Waals surface area (Å²) in [4.78, 5) is 16.4. The summed E-state index contributed by atoms with van der Waals surface area (Å²) in [6, 6.07) is 12.6. The molecule has 4 nitrogen and oxygen atoms in total. The number of fused-ring (bicyclic) bond motifs is 1. The molecule has 0 bridgehead atoms. The Kier molecular flexibility index (Phi) is 3.89. The van der Waals surface area contributed by atoms with Gasteiger partial charge in [-0.05, 0) is 23.1 Å². The van der Waals surface area contributed by atoms with Gasteiger partial charge in [0.25, 0.3) is 0 Å². The molecule has 1 aromatic carbocycles.